The van der Waals surface area contributed by atoms with E-state index >= 15 is 0 Å². The van der Waals surface area contributed by atoms with E-state index in [2.05, 4.69) is 0 Å². The van der Waals surface area contributed by atoms with Crippen molar-refractivity contribution in [3.63, 3.8) is 0 Å². The van der Waals surface area contributed by atoms with Gasteiger partial charge in [-0.15, -0.1) is 0 Å². The molecule has 128 valence electrons. The number of carboxylic acid groups (broad SMARTS) is 1. The number of para-hydroxylation sites is 2. The van der Waals surface area contributed by atoms with Gasteiger partial charge in [-0.05, 0) is 17.7 Å². The molecule has 0 bridgehead atoms. The van der Waals surface area contributed by atoms with Gasteiger partial charge in [0, 0.05) is 23.9 Å². The van der Waals surface area contributed by atoms with E-state index in [1.807, 2.05) is 6.07 Å². The van der Waals surface area contributed by atoms with Gasteiger partial charge >= 0.3 is 5.97 Å². The number of benzene rings is 2. The molecule has 3 aromatic rings. The summed E-state index contributed by atoms with van der Waals surface area (Å²) >= 11 is 0. The number of hydrogen-bond acceptors (Lipinski definition) is 4. The maximum absolute atomic E-state index is 13.1. The lowest BCUT2D eigenvalue weighted by molar-refractivity contribution is -0.137. The molecule has 0 saturated heterocycles. The van der Waals surface area contributed by atoms with Crippen LogP contribution in [0.1, 0.15) is 17.9 Å². The second-order valence-electron chi connectivity index (χ2n) is 5.99. The maximum Gasteiger partial charge on any atom is 0.304 e. The van der Waals surface area contributed by atoms with Crippen LogP contribution in [0.15, 0.2) is 64.1 Å². The van der Waals surface area contributed by atoms with Crippen molar-refractivity contribution < 1.29 is 22.7 Å². The molecule has 0 spiro atoms. The Morgan fingerprint density at radius 1 is 1.16 bits per heavy atom. The van der Waals surface area contributed by atoms with Gasteiger partial charge in [-0.2, -0.15) is 8.42 Å². The van der Waals surface area contributed by atoms with E-state index in [4.69, 9.17) is 9.52 Å². The molecule has 1 atom stereocenters. The van der Waals surface area contributed by atoms with Gasteiger partial charge in [-0.1, -0.05) is 36.4 Å². The van der Waals surface area contributed by atoms with Crippen molar-refractivity contribution in [2.75, 3.05) is 10.8 Å². The van der Waals surface area contributed by atoms with Crippen LogP contribution in [-0.4, -0.2) is 26.0 Å². The molecule has 1 aromatic heterocycles. The highest BCUT2D eigenvalue weighted by molar-refractivity contribution is 7.92. The lowest BCUT2D eigenvalue weighted by atomic mass is 9.98. The molecule has 0 fully saturated rings. The molecule has 7 heteroatoms. The van der Waals surface area contributed by atoms with E-state index in [-0.39, 0.29) is 24.0 Å². The van der Waals surface area contributed by atoms with E-state index < -0.39 is 16.0 Å². The Labute approximate surface area is 144 Å². The smallest absolute Gasteiger partial charge is 0.304 e. The van der Waals surface area contributed by atoms with Crippen molar-refractivity contribution in [2.24, 2.45) is 0 Å². The number of nitrogens with zero attached hydrogens (tertiary/aromatic N) is 1. The number of carboxylic acids is 1. The van der Waals surface area contributed by atoms with Gasteiger partial charge in [0.25, 0.3) is 10.0 Å². The topological polar surface area (TPSA) is 87.8 Å². The third-order valence-electron chi connectivity index (χ3n) is 4.40. The van der Waals surface area contributed by atoms with Gasteiger partial charge in [-0.3, -0.25) is 9.10 Å². The van der Waals surface area contributed by atoms with E-state index in [0.29, 0.717) is 16.7 Å². The lowest BCUT2D eigenvalue weighted by Crippen LogP contribution is -2.30. The zero-order chi connectivity index (χ0) is 17.6. The first-order valence-corrected chi connectivity index (χ1v) is 9.23. The fraction of sp³-hybridized carbons (Fsp3) is 0.167. The Morgan fingerprint density at radius 2 is 1.88 bits per heavy atom. The first-order chi connectivity index (χ1) is 12.0. The highest BCUT2D eigenvalue weighted by Gasteiger charge is 2.38. The number of fused-ring (bicyclic) bond motifs is 2. The zero-order valence-electron chi connectivity index (χ0n) is 13.1. The van der Waals surface area contributed by atoms with Crippen LogP contribution in [-0.2, 0) is 14.8 Å². The van der Waals surface area contributed by atoms with Crippen LogP contribution in [0.25, 0.3) is 11.0 Å². The van der Waals surface area contributed by atoms with Crippen molar-refractivity contribution in [1.29, 1.82) is 0 Å². The summed E-state index contributed by atoms with van der Waals surface area (Å²) in [4.78, 5) is 11.1. The van der Waals surface area contributed by atoms with E-state index in [1.54, 1.807) is 42.5 Å². The summed E-state index contributed by atoms with van der Waals surface area (Å²) in [6.45, 7) is 0.0883. The van der Waals surface area contributed by atoms with Gasteiger partial charge in [0.15, 0.2) is 0 Å². The number of carbonyl (C=O) groups is 1. The van der Waals surface area contributed by atoms with Gasteiger partial charge in [0.05, 0.1) is 12.1 Å². The minimum absolute atomic E-state index is 0.0883. The summed E-state index contributed by atoms with van der Waals surface area (Å²) in [7, 11) is -3.91. The summed E-state index contributed by atoms with van der Waals surface area (Å²) in [5, 5.41) is 9.68. The predicted molar refractivity (Wildman–Crippen MR) is 92.2 cm³/mol. The third-order valence-corrected chi connectivity index (χ3v) is 6.04. The van der Waals surface area contributed by atoms with Crippen molar-refractivity contribution in [3.8, 4) is 0 Å². The van der Waals surface area contributed by atoms with E-state index in [1.165, 1.54) is 10.4 Å². The van der Waals surface area contributed by atoms with Crippen molar-refractivity contribution in [3.05, 3.63) is 60.2 Å². The van der Waals surface area contributed by atoms with Crippen LogP contribution in [0.5, 0.6) is 0 Å². The molecule has 1 aliphatic rings. The van der Waals surface area contributed by atoms with Crippen LogP contribution in [0.3, 0.4) is 0 Å². The number of anilines is 1. The van der Waals surface area contributed by atoms with Crippen molar-refractivity contribution in [2.45, 2.75) is 17.4 Å². The summed E-state index contributed by atoms with van der Waals surface area (Å²) in [6.07, 6.45) is -0.122. The summed E-state index contributed by atoms with van der Waals surface area (Å²) in [5.41, 5.74) is 1.73. The average molecular weight is 357 g/mol. The van der Waals surface area contributed by atoms with Crippen molar-refractivity contribution in [1.82, 2.24) is 0 Å². The molecule has 0 radical (unpaired) electrons. The summed E-state index contributed by atoms with van der Waals surface area (Å²) < 4.78 is 32.9. The van der Waals surface area contributed by atoms with Crippen LogP contribution < -0.4 is 4.31 Å². The normalized spacial score (nSPS) is 17.0. The van der Waals surface area contributed by atoms with Gasteiger partial charge in [0.1, 0.15) is 5.58 Å². The van der Waals surface area contributed by atoms with Gasteiger partial charge < -0.3 is 9.52 Å². The largest absolute Gasteiger partial charge is 0.481 e. The second kappa shape index (κ2) is 5.63. The van der Waals surface area contributed by atoms with Crippen LogP contribution in [0.4, 0.5) is 5.69 Å². The molecular formula is C18H15NO5S. The van der Waals surface area contributed by atoms with Crippen LogP contribution >= 0.6 is 0 Å². The fourth-order valence-corrected chi connectivity index (χ4v) is 4.75. The third kappa shape index (κ3) is 2.56. The lowest BCUT2D eigenvalue weighted by Gasteiger charge is -2.18. The molecule has 0 amide bonds. The Bertz CT molecular complexity index is 1040. The fourth-order valence-electron chi connectivity index (χ4n) is 3.26. The van der Waals surface area contributed by atoms with Crippen molar-refractivity contribution >= 4 is 32.6 Å². The number of aliphatic carboxylic acids is 1. The molecule has 1 N–H and O–H groups in total. The first kappa shape index (κ1) is 15.7. The highest BCUT2D eigenvalue weighted by Crippen LogP contribution is 2.41. The van der Waals surface area contributed by atoms with Gasteiger partial charge in [-0.25, -0.2) is 0 Å². The molecule has 1 aliphatic heterocycles. The molecule has 0 unspecified atom stereocenters. The van der Waals surface area contributed by atoms with Gasteiger partial charge in [0.2, 0.25) is 5.09 Å². The molecule has 0 saturated carbocycles. The monoisotopic (exact) mass is 357 g/mol. The van der Waals surface area contributed by atoms with Crippen LogP contribution in [0, 0.1) is 0 Å². The second-order valence-corrected chi connectivity index (χ2v) is 7.79. The maximum atomic E-state index is 13.1. The molecule has 4 rings (SSSR count). The Kier molecular flexibility index (Phi) is 3.54. The highest BCUT2D eigenvalue weighted by atomic mass is 32.2. The Hall–Kier alpha value is -2.80. The number of furan rings is 1. The van der Waals surface area contributed by atoms with E-state index in [0.717, 1.165) is 5.56 Å². The Balaban J connectivity index is 1.79. The SMILES string of the molecule is O=C(O)C[C@H]1CN(S(=O)(=O)c2cc3ccccc3o2)c2ccccc21. The minimum atomic E-state index is -3.91. The average Bonchev–Trinajstić information content (AvgIpc) is 3.17. The standard InChI is InChI=1S/C18H15NO5S/c20-17(21)9-13-11-19(15-7-3-2-6-14(13)15)25(22,23)18-10-12-5-1-4-8-16(12)24-18/h1-8,10,13H,9,11H2,(H,20,21)/t13-/m0/s1. The summed E-state index contributed by atoms with van der Waals surface area (Å²) in [5.74, 6) is -1.34. The molecule has 25 heavy (non-hydrogen) atoms. The quantitative estimate of drug-likeness (QED) is 0.775. The number of rotatable bonds is 4. The number of sulfonamides is 1. The molecule has 6 nitrogen and oxygen atoms in total. The molecule has 2 aromatic carbocycles. The zero-order valence-corrected chi connectivity index (χ0v) is 13.9. The van der Waals surface area contributed by atoms with Crippen LogP contribution in [0.2, 0.25) is 0 Å². The Morgan fingerprint density at radius 3 is 2.64 bits per heavy atom. The minimum Gasteiger partial charge on any atom is -0.481 e. The molecule has 2 heterocycles. The first-order valence-electron chi connectivity index (χ1n) is 7.79. The summed E-state index contributed by atoms with van der Waals surface area (Å²) in [6, 6.07) is 15.6. The van der Waals surface area contributed by atoms with E-state index in [9.17, 15) is 13.2 Å². The predicted octanol–water partition coefficient (Wildman–Crippen LogP) is 3.20. The number of hydrogen-bond donors (Lipinski definition) is 1. The molecular weight excluding hydrogens is 342 g/mol. The molecule has 0 aliphatic carbocycles.